The van der Waals surface area contributed by atoms with E-state index in [-0.39, 0.29) is 0 Å². The zero-order chi connectivity index (χ0) is 10.7. The molecule has 80 valence electrons. The average molecular weight is 219 g/mol. The Bertz CT molecular complexity index is 345. The van der Waals surface area contributed by atoms with Gasteiger partial charge in [0.15, 0.2) is 0 Å². The lowest BCUT2D eigenvalue weighted by Crippen LogP contribution is -2.19. The summed E-state index contributed by atoms with van der Waals surface area (Å²) < 4.78 is 0. The van der Waals surface area contributed by atoms with Gasteiger partial charge in [-0.25, -0.2) is 0 Å². The number of hydrogen-bond donors (Lipinski definition) is 0. The fourth-order valence-corrected chi connectivity index (χ4v) is 2.92. The molecule has 1 aromatic carbocycles. The number of aliphatic imine (C=N–C) groups is 1. The normalized spacial score (nSPS) is 26.1. The minimum atomic E-state index is 0.507. The summed E-state index contributed by atoms with van der Waals surface area (Å²) in [4.78, 5) is 4.74. The molecule has 15 heavy (non-hydrogen) atoms. The number of nitrogens with zero attached hydrogens (tertiary/aromatic N) is 1. The van der Waals surface area contributed by atoms with Gasteiger partial charge in [-0.3, -0.25) is 4.99 Å². The van der Waals surface area contributed by atoms with Crippen molar-refractivity contribution >= 4 is 16.8 Å². The second-order valence-corrected chi connectivity index (χ2v) is 4.89. The van der Waals surface area contributed by atoms with Crippen molar-refractivity contribution in [2.45, 2.75) is 31.7 Å². The van der Waals surface area contributed by atoms with E-state index in [0.29, 0.717) is 12.0 Å². The smallest absolute Gasteiger partial charge is 0.0751 e. The van der Waals surface area contributed by atoms with Gasteiger partial charge < -0.3 is 0 Å². The van der Waals surface area contributed by atoms with Crippen LogP contribution in [0.25, 0.3) is 0 Å². The Kier molecular flexibility index (Phi) is 3.47. The maximum atomic E-state index is 4.74. The van der Waals surface area contributed by atoms with Crippen molar-refractivity contribution < 1.29 is 0 Å². The van der Waals surface area contributed by atoms with Gasteiger partial charge in [-0.1, -0.05) is 30.3 Å². The Balaban J connectivity index is 2.26. The SMILES string of the molecule is CSC1=NC(C)CCC1c1ccccc1. The van der Waals surface area contributed by atoms with E-state index in [1.165, 1.54) is 23.4 Å². The summed E-state index contributed by atoms with van der Waals surface area (Å²) in [5, 5.41) is 1.31. The third kappa shape index (κ3) is 2.43. The summed E-state index contributed by atoms with van der Waals surface area (Å²) in [6, 6.07) is 11.2. The molecule has 2 unspecified atom stereocenters. The van der Waals surface area contributed by atoms with Gasteiger partial charge in [-0.2, -0.15) is 0 Å². The van der Waals surface area contributed by atoms with Crippen molar-refractivity contribution in [2.24, 2.45) is 4.99 Å². The highest BCUT2D eigenvalue weighted by atomic mass is 32.2. The average Bonchev–Trinajstić information content (AvgIpc) is 2.30. The number of thioether (sulfide) groups is 1. The van der Waals surface area contributed by atoms with Crippen molar-refractivity contribution in [1.82, 2.24) is 0 Å². The first-order valence-corrected chi connectivity index (χ1v) is 6.70. The van der Waals surface area contributed by atoms with Crippen molar-refractivity contribution in [3.63, 3.8) is 0 Å². The zero-order valence-corrected chi connectivity index (χ0v) is 10.1. The van der Waals surface area contributed by atoms with E-state index in [0.717, 1.165) is 0 Å². The molecule has 0 saturated carbocycles. The fourth-order valence-electron chi connectivity index (χ4n) is 2.09. The predicted octanol–water partition coefficient (Wildman–Crippen LogP) is 3.71. The molecule has 2 heteroatoms. The molecule has 0 aromatic heterocycles. The summed E-state index contributed by atoms with van der Waals surface area (Å²) in [6.45, 7) is 2.21. The summed E-state index contributed by atoms with van der Waals surface area (Å²) in [5.41, 5.74) is 1.41. The lowest BCUT2D eigenvalue weighted by atomic mass is 9.91. The van der Waals surface area contributed by atoms with E-state index >= 15 is 0 Å². The molecule has 1 aromatic rings. The summed E-state index contributed by atoms with van der Waals surface area (Å²) in [7, 11) is 0. The predicted molar refractivity (Wildman–Crippen MR) is 68.8 cm³/mol. The first kappa shape index (κ1) is 10.7. The molecule has 0 bridgehead atoms. The van der Waals surface area contributed by atoms with E-state index in [4.69, 9.17) is 4.99 Å². The molecule has 0 fully saturated rings. The molecule has 0 N–H and O–H groups in total. The summed E-state index contributed by atoms with van der Waals surface area (Å²) in [5.74, 6) is 0.539. The molecule has 1 aliphatic rings. The van der Waals surface area contributed by atoms with E-state index in [1.807, 2.05) is 0 Å². The molecule has 1 heterocycles. The second kappa shape index (κ2) is 4.84. The van der Waals surface area contributed by atoms with Gasteiger partial charge in [0.05, 0.1) is 5.04 Å². The largest absolute Gasteiger partial charge is 0.279 e. The Morgan fingerprint density at radius 3 is 2.60 bits per heavy atom. The van der Waals surface area contributed by atoms with Crippen LogP contribution in [0, 0.1) is 0 Å². The molecule has 2 atom stereocenters. The van der Waals surface area contributed by atoms with Crippen LogP contribution in [0.1, 0.15) is 31.2 Å². The van der Waals surface area contributed by atoms with E-state index in [1.54, 1.807) is 11.8 Å². The molecule has 0 radical (unpaired) electrons. The standard InChI is InChI=1S/C13H17NS/c1-10-8-9-12(13(14-10)15-2)11-6-4-3-5-7-11/h3-7,10,12H,8-9H2,1-2H3. The first-order valence-electron chi connectivity index (χ1n) is 5.48. The minimum absolute atomic E-state index is 0.507. The third-order valence-corrected chi connectivity index (χ3v) is 3.74. The Labute approximate surface area is 96.0 Å². The Morgan fingerprint density at radius 1 is 1.20 bits per heavy atom. The molecule has 0 aliphatic carbocycles. The molecule has 0 saturated heterocycles. The Morgan fingerprint density at radius 2 is 1.93 bits per heavy atom. The van der Waals surface area contributed by atoms with E-state index in [9.17, 15) is 0 Å². The van der Waals surface area contributed by atoms with Crippen molar-refractivity contribution in [1.29, 1.82) is 0 Å². The van der Waals surface area contributed by atoms with Gasteiger partial charge in [0.1, 0.15) is 0 Å². The Hall–Kier alpha value is -0.760. The van der Waals surface area contributed by atoms with Crippen LogP contribution in [-0.2, 0) is 0 Å². The zero-order valence-electron chi connectivity index (χ0n) is 9.31. The monoisotopic (exact) mass is 219 g/mol. The van der Waals surface area contributed by atoms with Gasteiger partial charge in [0.25, 0.3) is 0 Å². The highest BCUT2D eigenvalue weighted by Crippen LogP contribution is 2.32. The van der Waals surface area contributed by atoms with Gasteiger partial charge in [0.2, 0.25) is 0 Å². The lowest BCUT2D eigenvalue weighted by molar-refractivity contribution is 0.579. The fraction of sp³-hybridized carbons (Fsp3) is 0.462. The van der Waals surface area contributed by atoms with E-state index < -0.39 is 0 Å². The van der Waals surface area contributed by atoms with Crippen LogP contribution in [0.3, 0.4) is 0 Å². The van der Waals surface area contributed by atoms with Gasteiger partial charge in [0, 0.05) is 12.0 Å². The van der Waals surface area contributed by atoms with Crippen LogP contribution in [0.2, 0.25) is 0 Å². The van der Waals surface area contributed by atoms with E-state index in [2.05, 4.69) is 43.5 Å². The molecule has 1 aliphatic heterocycles. The molecular formula is C13H17NS. The molecule has 0 amide bonds. The highest BCUT2D eigenvalue weighted by molar-refractivity contribution is 8.13. The molecule has 0 spiro atoms. The van der Waals surface area contributed by atoms with Gasteiger partial charge in [-0.15, -0.1) is 11.8 Å². The van der Waals surface area contributed by atoms with Crippen molar-refractivity contribution in [3.05, 3.63) is 35.9 Å². The quantitative estimate of drug-likeness (QED) is 0.701. The molecule has 2 rings (SSSR count). The van der Waals surface area contributed by atoms with Crippen LogP contribution in [-0.4, -0.2) is 17.3 Å². The number of rotatable bonds is 1. The maximum Gasteiger partial charge on any atom is 0.0751 e. The molecule has 1 nitrogen and oxygen atoms in total. The highest BCUT2D eigenvalue weighted by Gasteiger charge is 2.23. The van der Waals surface area contributed by atoms with Crippen molar-refractivity contribution in [2.75, 3.05) is 6.26 Å². The van der Waals surface area contributed by atoms with Gasteiger partial charge in [-0.05, 0) is 31.6 Å². The maximum absolute atomic E-state index is 4.74. The lowest BCUT2D eigenvalue weighted by Gasteiger charge is -2.25. The minimum Gasteiger partial charge on any atom is -0.279 e. The molecular weight excluding hydrogens is 202 g/mol. The summed E-state index contributed by atoms with van der Waals surface area (Å²) in [6.07, 6.45) is 4.58. The second-order valence-electron chi connectivity index (χ2n) is 4.06. The summed E-state index contributed by atoms with van der Waals surface area (Å²) >= 11 is 1.80. The van der Waals surface area contributed by atoms with Crippen LogP contribution in [0.15, 0.2) is 35.3 Å². The van der Waals surface area contributed by atoms with Gasteiger partial charge >= 0.3 is 0 Å². The van der Waals surface area contributed by atoms with Crippen LogP contribution in [0.4, 0.5) is 0 Å². The number of benzene rings is 1. The van der Waals surface area contributed by atoms with Crippen LogP contribution in [0.5, 0.6) is 0 Å². The van der Waals surface area contributed by atoms with Crippen molar-refractivity contribution in [3.8, 4) is 0 Å². The van der Waals surface area contributed by atoms with Crippen LogP contribution >= 0.6 is 11.8 Å². The number of hydrogen-bond acceptors (Lipinski definition) is 2. The topological polar surface area (TPSA) is 12.4 Å². The third-order valence-electron chi connectivity index (χ3n) is 2.93. The first-order chi connectivity index (χ1) is 7.31. The van der Waals surface area contributed by atoms with Crippen LogP contribution < -0.4 is 0 Å².